The van der Waals surface area contributed by atoms with Crippen LogP contribution < -0.4 is 5.56 Å². The third-order valence-electron chi connectivity index (χ3n) is 4.10. The first-order chi connectivity index (χ1) is 11.1. The van der Waals surface area contributed by atoms with Crippen molar-refractivity contribution in [3.8, 4) is 0 Å². The van der Waals surface area contributed by atoms with Crippen molar-refractivity contribution in [1.82, 2.24) is 9.47 Å². The van der Waals surface area contributed by atoms with Crippen LogP contribution in [0.4, 0.5) is 0 Å². The van der Waals surface area contributed by atoms with Gasteiger partial charge in [0.15, 0.2) is 0 Å². The van der Waals surface area contributed by atoms with Gasteiger partial charge in [0.25, 0.3) is 5.56 Å². The maximum atomic E-state index is 12.7. The summed E-state index contributed by atoms with van der Waals surface area (Å²) in [6, 6.07) is 18.3. The van der Waals surface area contributed by atoms with Crippen molar-refractivity contribution in [2.75, 3.05) is 20.6 Å². The molecule has 3 rings (SSSR count). The van der Waals surface area contributed by atoms with E-state index in [-0.39, 0.29) is 5.56 Å². The zero-order chi connectivity index (χ0) is 16.2. The maximum Gasteiger partial charge on any atom is 0.258 e. The van der Waals surface area contributed by atoms with E-state index in [9.17, 15) is 4.79 Å². The Morgan fingerprint density at radius 1 is 0.913 bits per heavy atom. The van der Waals surface area contributed by atoms with Gasteiger partial charge in [0.1, 0.15) is 0 Å². The molecular formula is C20H22N2O. The molecule has 0 fully saturated rings. The first-order valence-electron chi connectivity index (χ1n) is 7.95. The SMILES string of the molecule is CN(C)CCn1cc(Cc2ccccc2)c2ccccc2c1=O. The Balaban J connectivity index is 2.08. The van der Waals surface area contributed by atoms with Gasteiger partial charge in [-0.05, 0) is 43.1 Å². The standard InChI is InChI=1S/C20H22N2O/c1-21(2)12-13-22-15-17(14-16-8-4-3-5-9-16)18-10-6-7-11-19(18)20(22)23/h3-11,15H,12-14H2,1-2H3. The summed E-state index contributed by atoms with van der Waals surface area (Å²) in [6.45, 7) is 1.56. The van der Waals surface area contributed by atoms with Gasteiger partial charge in [-0.25, -0.2) is 0 Å². The Hall–Kier alpha value is -2.39. The summed E-state index contributed by atoms with van der Waals surface area (Å²) < 4.78 is 1.85. The smallest absolute Gasteiger partial charge is 0.258 e. The van der Waals surface area contributed by atoms with E-state index in [0.29, 0.717) is 6.54 Å². The maximum absolute atomic E-state index is 12.7. The van der Waals surface area contributed by atoms with Crippen LogP contribution in [0, 0.1) is 0 Å². The van der Waals surface area contributed by atoms with Crippen molar-refractivity contribution >= 4 is 10.8 Å². The highest BCUT2D eigenvalue weighted by Crippen LogP contribution is 2.19. The van der Waals surface area contributed by atoms with Crippen molar-refractivity contribution < 1.29 is 0 Å². The van der Waals surface area contributed by atoms with Gasteiger partial charge in [-0.1, -0.05) is 48.5 Å². The monoisotopic (exact) mass is 306 g/mol. The van der Waals surface area contributed by atoms with Gasteiger partial charge in [0, 0.05) is 24.7 Å². The minimum absolute atomic E-state index is 0.0965. The number of likely N-dealkylation sites (N-methyl/N-ethyl adjacent to an activating group) is 1. The lowest BCUT2D eigenvalue weighted by Crippen LogP contribution is -2.27. The van der Waals surface area contributed by atoms with Crippen LogP contribution in [0.5, 0.6) is 0 Å². The first kappa shape index (κ1) is 15.5. The lowest BCUT2D eigenvalue weighted by Gasteiger charge is -2.15. The fourth-order valence-corrected chi connectivity index (χ4v) is 2.85. The minimum atomic E-state index is 0.0965. The zero-order valence-corrected chi connectivity index (χ0v) is 13.7. The average molecular weight is 306 g/mol. The summed E-state index contributed by atoms with van der Waals surface area (Å²) in [5.41, 5.74) is 2.56. The van der Waals surface area contributed by atoms with Crippen LogP contribution in [0.3, 0.4) is 0 Å². The van der Waals surface area contributed by atoms with Gasteiger partial charge in [-0.15, -0.1) is 0 Å². The van der Waals surface area contributed by atoms with Crippen LogP contribution in [0.2, 0.25) is 0 Å². The van der Waals surface area contributed by atoms with E-state index >= 15 is 0 Å². The molecule has 0 amide bonds. The van der Waals surface area contributed by atoms with Crippen LogP contribution in [0.25, 0.3) is 10.8 Å². The molecule has 3 heteroatoms. The summed E-state index contributed by atoms with van der Waals surface area (Å²) in [6.07, 6.45) is 2.87. The molecule has 3 aromatic rings. The highest BCUT2D eigenvalue weighted by Gasteiger charge is 2.09. The topological polar surface area (TPSA) is 25.2 Å². The van der Waals surface area contributed by atoms with Crippen molar-refractivity contribution in [3.63, 3.8) is 0 Å². The van der Waals surface area contributed by atoms with Gasteiger partial charge in [-0.2, -0.15) is 0 Å². The van der Waals surface area contributed by atoms with Gasteiger partial charge in [0.2, 0.25) is 0 Å². The molecule has 118 valence electrons. The Morgan fingerprint density at radius 2 is 1.57 bits per heavy atom. The summed E-state index contributed by atoms with van der Waals surface area (Å²) in [5, 5.41) is 1.86. The Labute approximate surface area is 136 Å². The van der Waals surface area contributed by atoms with Crippen molar-refractivity contribution in [2.45, 2.75) is 13.0 Å². The molecule has 0 atom stereocenters. The second kappa shape index (κ2) is 6.80. The Morgan fingerprint density at radius 3 is 2.26 bits per heavy atom. The van der Waals surface area contributed by atoms with E-state index in [1.165, 1.54) is 11.1 Å². The second-order valence-corrected chi connectivity index (χ2v) is 6.16. The summed E-state index contributed by atoms with van der Waals surface area (Å²) >= 11 is 0. The van der Waals surface area contributed by atoms with Crippen LogP contribution in [0.15, 0.2) is 65.6 Å². The largest absolute Gasteiger partial charge is 0.313 e. The molecule has 0 spiro atoms. The molecule has 0 radical (unpaired) electrons. The predicted molar refractivity (Wildman–Crippen MR) is 96.0 cm³/mol. The van der Waals surface area contributed by atoms with Crippen LogP contribution in [-0.2, 0) is 13.0 Å². The molecule has 0 aliphatic rings. The second-order valence-electron chi connectivity index (χ2n) is 6.16. The normalized spacial score (nSPS) is 11.3. The number of nitrogens with zero attached hydrogens (tertiary/aromatic N) is 2. The number of rotatable bonds is 5. The number of fused-ring (bicyclic) bond motifs is 1. The molecular weight excluding hydrogens is 284 g/mol. The highest BCUT2D eigenvalue weighted by atomic mass is 16.1. The fraction of sp³-hybridized carbons (Fsp3) is 0.250. The molecule has 0 unspecified atom stereocenters. The molecule has 1 heterocycles. The highest BCUT2D eigenvalue weighted by molar-refractivity contribution is 5.85. The quantitative estimate of drug-likeness (QED) is 0.723. The molecule has 23 heavy (non-hydrogen) atoms. The molecule has 0 saturated carbocycles. The number of hydrogen-bond acceptors (Lipinski definition) is 2. The number of benzene rings is 2. The fourth-order valence-electron chi connectivity index (χ4n) is 2.85. The third kappa shape index (κ3) is 3.51. The van der Waals surface area contributed by atoms with Gasteiger partial charge in [0.05, 0.1) is 0 Å². The van der Waals surface area contributed by atoms with Crippen molar-refractivity contribution in [2.24, 2.45) is 0 Å². The Kier molecular flexibility index (Phi) is 4.58. The van der Waals surface area contributed by atoms with E-state index in [1.807, 2.05) is 55.2 Å². The van der Waals surface area contributed by atoms with E-state index in [4.69, 9.17) is 0 Å². The summed E-state index contributed by atoms with van der Waals surface area (Å²) in [7, 11) is 4.05. The van der Waals surface area contributed by atoms with Crippen molar-refractivity contribution in [3.05, 3.63) is 82.3 Å². The third-order valence-corrected chi connectivity index (χ3v) is 4.10. The zero-order valence-electron chi connectivity index (χ0n) is 13.7. The van der Waals surface area contributed by atoms with E-state index < -0.39 is 0 Å². The molecule has 1 aromatic heterocycles. The van der Waals surface area contributed by atoms with Crippen LogP contribution in [-0.4, -0.2) is 30.1 Å². The molecule has 0 bridgehead atoms. The summed E-state index contributed by atoms with van der Waals surface area (Å²) in [4.78, 5) is 14.8. The average Bonchev–Trinajstić information content (AvgIpc) is 2.57. The number of pyridine rings is 1. The van der Waals surface area contributed by atoms with Gasteiger partial charge < -0.3 is 9.47 Å². The molecule has 2 aromatic carbocycles. The molecule has 0 aliphatic carbocycles. The molecule has 3 nitrogen and oxygen atoms in total. The minimum Gasteiger partial charge on any atom is -0.313 e. The lowest BCUT2D eigenvalue weighted by molar-refractivity contribution is 0.381. The van der Waals surface area contributed by atoms with E-state index in [0.717, 1.165) is 23.7 Å². The lowest BCUT2D eigenvalue weighted by atomic mass is 10.0. The van der Waals surface area contributed by atoms with Gasteiger partial charge >= 0.3 is 0 Å². The van der Waals surface area contributed by atoms with Crippen molar-refractivity contribution in [1.29, 1.82) is 0 Å². The Bertz CT molecular complexity index is 850. The first-order valence-corrected chi connectivity index (χ1v) is 7.95. The van der Waals surface area contributed by atoms with Crippen LogP contribution in [0.1, 0.15) is 11.1 Å². The molecule has 0 aliphatic heterocycles. The number of hydrogen-bond donors (Lipinski definition) is 0. The van der Waals surface area contributed by atoms with Gasteiger partial charge in [-0.3, -0.25) is 4.79 Å². The van der Waals surface area contributed by atoms with E-state index in [1.54, 1.807) is 0 Å². The van der Waals surface area contributed by atoms with E-state index in [2.05, 4.69) is 29.2 Å². The molecule has 0 saturated heterocycles. The number of aromatic nitrogens is 1. The predicted octanol–water partition coefficient (Wildman–Crippen LogP) is 3.15. The summed E-state index contributed by atoms with van der Waals surface area (Å²) in [5.74, 6) is 0. The molecule has 0 N–H and O–H groups in total. The van der Waals surface area contributed by atoms with Crippen LogP contribution >= 0.6 is 0 Å².